The van der Waals surface area contributed by atoms with Gasteiger partial charge in [-0.2, -0.15) is 5.26 Å². The smallest absolute Gasteiger partial charge is 0.330 e. The maximum Gasteiger partial charge on any atom is 0.330 e. The fourth-order valence-corrected chi connectivity index (χ4v) is 7.54. The Kier molecular flexibility index (Phi) is 12.2. The molecule has 0 bridgehead atoms. The van der Waals surface area contributed by atoms with Gasteiger partial charge in [-0.15, -0.1) is 0 Å². The van der Waals surface area contributed by atoms with Crippen LogP contribution in [0.15, 0.2) is 0 Å². The van der Waals surface area contributed by atoms with Gasteiger partial charge in [-0.25, -0.2) is 0 Å². The molecule has 26 heavy (non-hydrogen) atoms. The van der Waals surface area contributed by atoms with E-state index in [1.807, 2.05) is 32.4 Å². The van der Waals surface area contributed by atoms with Crippen LogP contribution in [0.3, 0.4) is 0 Å². The lowest BCUT2D eigenvalue weighted by atomic mass is 10.2. The maximum absolute atomic E-state index is 13.6. The fraction of sp³-hybridized carbons (Fsp3) is 0.941. The summed E-state index contributed by atoms with van der Waals surface area (Å²) in [7, 11) is -1.32. The summed E-state index contributed by atoms with van der Waals surface area (Å²) in [6.45, 7) is 8.94. The Bertz CT molecular complexity index is 514. The molecule has 0 radical (unpaired) electrons. The Morgan fingerprint density at radius 2 is 1.50 bits per heavy atom. The molecule has 0 aliphatic rings. The van der Waals surface area contributed by atoms with E-state index in [0.29, 0.717) is 32.4 Å². The Labute approximate surface area is 159 Å². The minimum atomic E-state index is -3.07. The Morgan fingerprint density at radius 3 is 1.88 bits per heavy atom. The fourth-order valence-electron chi connectivity index (χ4n) is 3.09. The van der Waals surface area contributed by atoms with Crippen molar-refractivity contribution in [2.75, 3.05) is 40.6 Å². The van der Waals surface area contributed by atoms with Gasteiger partial charge in [0, 0.05) is 52.2 Å². The average molecular weight is 410 g/mol. The average Bonchev–Trinajstić information content (AvgIpc) is 2.62. The van der Waals surface area contributed by atoms with E-state index in [2.05, 4.69) is 6.07 Å². The summed E-state index contributed by atoms with van der Waals surface area (Å²) in [4.78, 5) is 0. The van der Waals surface area contributed by atoms with E-state index in [1.54, 1.807) is 7.11 Å². The van der Waals surface area contributed by atoms with Crippen molar-refractivity contribution in [1.29, 1.82) is 5.26 Å². The first kappa shape index (κ1) is 25.8. The first-order chi connectivity index (χ1) is 12.1. The molecule has 0 aromatic carbocycles. The van der Waals surface area contributed by atoms with E-state index in [1.165, 1.54) is 14.2 Å². The molecule has 0 rings (SSSR count). The number of nitrogens with zero attached hydrogens (tertiary/aromatic N) is 2. The zero-order valence-corrected chi connectivity index (χ0v) is 19.1. The van der Waals surface area contributed by atoms with Gasteiger partial charge in [-0.3, -0.25) is 9.24 Å². The van der Waals surface area contributed by atoms with Gasteiger partial charge in [0.1, 0.15) is 0 Å². The van der Waals surface area contributed by atoms with Gasteiger partial charge < -0.3 is 18.3 Å². The number of hydrogen-bond acceptors (Lipinski definition) is 6. The lowest BCUT2D eigenvalue weighted by Gasteiger charge is -2.37. The van der Waals surface area contributed by atoms with E-state index in [0.717, 1.165) is 0 Å². The third-order valence-electron chi connectivity index (χ3n) is 4.73. The molecule has 0 heterocycles. The maximum atomic E-state index is 13.6. The van der Waals surface area contributed by atoms with Crippen LogP contribution >= 0.6 is 14.9 Å². The van der Waals surface area contributed by atoms with Crippen molar-refractivity contribution in [2.45, 2.75) is 64.4 Å². The molecule has 0 aliphatic heterocycles. The van der Waals surface area contributed by atoms with Crippen LogP contribution in [0.2, 0.25) is 0 Å². The first-order valence-corrected chi connectivity index (χ1v) is 12.6. The summed E-state index contributed by atoms with van der Waals surface area (Å²) in [5.74, 6) is 0. The molecular weight excluding hydrogens is 374 g/mol. The predicted molar refractivity (Wildman–Crippen MR) is 106 cm³/mol. The van der Waals surface area contributed by atoms with Gasteiger partial charge in [0.15, 0.2) is 7.29 Å². The summed E-state index contributed by atoms with van der Waals surface area (Å²) in [6, 6.07) is 2.15. The molecule has 0 fully saturated rings. The van der Waals surface area contributed by atoms with Crippen LogP contribution in [-0.4, -0.2) is 62.7 Å². The normalized spacial score (nSPS) is 14.2. The molecule has 0 amide bonds. The molecule has 0 aromatic heterocycles. The molecule has 7 nitrogen and oxygen atoms in total. The highest BCUT2D eigenvalue weighted by atomic mass is 31.2. The molecule has 0 N–H and O–H groups in total. The van der Waals surface area contributed by atoms with E-state index >= 15 is 0 Å². The van der Waals surface area contributed by atoms with Gasteiger partial charge in [0.05, 0.1) is 18.3 Å². The predicted octanol–water partition coefficient (Wildman–Crippen LogP) is 4.58. The van der Waals surface area contributed by atoms with Gasteiger partial charge in [-0.05, 0) is 12.8 Å². The summed E-state index contributed by atoms with van der Waals surface area (Å²) < 4.78 is 43.2. The third kappa shape index (κ3) is 7.43. The van der Waals surface area contributed by atoms with Crippen LogP contribution in [0, 0.1) is 11.3 Å². The Balaban J connectivity index is 5.09. The molecule has 0 spiro atoms. The number of nitriles is 1. The van der Waals surface area contributed by atoms with Crippen LogP contribution in [0.1, 0.15) is 47.0 Å². The minimum absolute atomic E-state index is 0.0180. The van der Waals surface area contributed by atoms with E-state index in [9.17, 15) is 9.13 Å². The van der Waals surface area contributed by atoms with Gasteiger partial charge in [0.2, 0.25) is 0 Å². The molecule has 0 saturated carbocycles. The van der Waals surface area contributed by atoms with Crippen molar-refractivity contribution >= 4 is 14.9 Å². The second-order valence-electron chi connectivity index (χ2n) is 6.86. The number of ether oxygens (including phenoxy) is 1. The van der Waals surface area contributed by atoms with Crippen LogP contribution in [0.4, 0.5) is 0 Å². The van der Waals surface area contributed by atoms with Crippen molar-refractivity contribution in [3.8, 4) is 6.07 Å². The standard InChI is InChI=1S/C17H36N2O5P2/c1-15(2)26(21,16(3)4)19(12-8-11-18)13-9-17(22-5)10-14-25(20,23-6)24-7/h15-17H,8-10,12-14H2,1-7H3. The highest BCUT2D eigenvalue weighted by Crippen LogP contribution is 2.58. The van der Waals surface area contributed by atoms with E-state index in [4.69, 9.17) is 19.0 Å². The van der Waals surface area contributed by atoms with Crippen molar-refractivity contribution in [3.63, 3.8) is 0 Å². The van der Waals surface area contributed by atoms with Crippen LogP contribution in [-0.2, 0) is 22.9 Å². The zero-order valence-electron chi connectivity index (χ0n) is 17.3. The van der Waals surface area contributed by atoms with Crippen LogP contribution in [0.25, 0.3) is 0 Å². The summed E-state index contributed by atoms with van der Waals surface area (Å²) >= 11 is 0. The third-order valence-corrected chi connectivity index (χ3v) is 10.9. The summed E-state index contributed by atoms with van der Waals surface area (Å²) in [5, 5.41) is 8.96. The second kappa shape index (κ2) is 12.3. The molecule has 9 heteroatoms. The molecule has 1 atom stereocenters. The zero-order chi connectivity index (χ0) is 20.4. The van der Waals surface area contributed by atoms with E-state index in [-0.39, 0.29) is 23.6 Å². The number of rotatable bonds is 14. The van der Waals surface area contributed by atoms with Gasteiger partial charge >= 0.3 is 7.60 Å². The van der Waals surface area contributed by atoms with Crippen molar-refractivity contribution in [2.24, 2.45) is 0 Å². The quantitative estimate of drug-likeness (QED) is 0.387. The van der Waals surface area contributed by atoms with Crippen molar-refractivity contribution in [1.82, 2.24) is 4.67 Å². The molecular formula is C17H36N2O5P2. The molecule has 154 valence electrons. The second-order valence-corrected chi connectivity index (χ2v) is 13.2. The topological polar surface area (TPSA) is 88.9 Å². The monoisotopic (exact) mass is 410 g/mol. The largest absolute Gasteiger partial charge is 0.381 e. The minimum Gasteiger partial charge on any atom is -0.381 e. The van der Waals surface area contributed by atoms with Gasteiger partial charge in [-0.1, -0.05) is 27.7 Å². The summed E-state index contributed by atoms with van der Waals surface area (Å²) in [5.41, 5.74) is 0.0359. The lowest BCUT2D eigenvalue weighted by Crippen LogP contribution is -2.32. The van der Waals surface area contributed by atoms with Crippen LogP contribution in [0.5, 0.6) is 0 Å². The highest BCUT2D eigenvalue weighted by Gasteiger charge is 2.37. The number of methoxy groups -OCH3 is 1. The van der Waals surface area contributed by atoms with E-state index < -0.39 is 14.9 Å². The number of hydrogen-bond donors (Lipinski definition) is 0. The molecule has 0 saturated heterocycles. The van der Waals surface area contributed by atoms with Crippen LogP contribution < -0.4 is 0 Å². The van der Waals surface area contributed by atoms with Crippen molar-refractivity contribution in [3.05, 3.63) is 0 Å². The molecule has 1 unspecified atom stereocenters. The molecule has 0 aromatic rings. The first-order valence-electron chi connectivity index (χ1n) is 9.06. The molecule has 0 aliphatic carbocycles. The summed E-state index contributed by atoms with van der Waals surface area (Å²) in [6.07, 6.45) is 1.62. The Morgan fingerprint density at radius 1 is 0.962 bits per heavy atom. The lowest BCUT2D eigenvalue weighted by molar-refractivity contribution is 0.0862. The van der Waals surface area contributed by atoms with Gasteiger partial charge in [0.25, 0.3) is 0 Å². The highest BCUT2D eigenvalue weighted by molar-refractivity contribution is 7.62. The Hall–Kier alpha value is -0.210. The van der Waals surface area contributed by atoms with Crippen molar-refractivity contribution < 1.29 is 22.9 Å². The SMILES string of the molecule is COC(CCN(CCC#N)P(=O)(C(C)C)C(C)C)CCP(=O)(OC)OC.